The zero-order valence-corrected chi connectivity index (χ0v) is 8.80. The summed E-state index contributed by atoms with van der Waals surface area (Å²) in [7, 11) is 0. The number of nitrogens with zero attached hydrogens (tertiary/aromatic N) is 3. The Hall–Kier alpha value is -1.76. The summed E-state index contributed by atoms with van der Waals surface area (Å²) in [5.41, 5.74) is 0.0216. The van der Waals surface area contributed by atoms with E-state index in [2.05, 4.69) is 26.1 Å². The summed E-state index contributed by atoms with van der Waals surface area (Å²) in [6.45, 7) is 0. The number of halogens is 1. The molecule has 2 heterocycles. The highest BCUT2D eigenvalue weighted by Gasteiger charge is 2.18. The van der Waals surface area contributed by atoms with Crippen LogP contribution < -0.4 is 0 Å². The molecule has 0 aliphatic carbocycles. The van der Waals surface area contributed by atoms with E-state index in [0.29, 0.717) is 10.1 Å². The number of rotatable bonds is 2. The monoisotopic (exact) mass is 269 g/mol. The van der Waals surface area contributed by atoms with Gasteiger partial charge in [0, 0.05) is 10.7 Å². The Bertz CT molecular complexity index is 564. The number of aromatic carboxylic acids is 1. The van der Waals surface area contributed by atoms with E-state index in [1.165, 1.54) is 10.6 Å². The average Bonchev–Trinajstić information content (AvgIpc) is 2.55. The molecule has 76 valence electrons. The quantitative estimate of drug-likeness (QED) is 0.847. The molecule has 0 fully saturated rings. The molecule has 0 bridgehead atoms. The highest BCUT2D eigenvalue weighted by atomic mass is 79.9. The predicted molar refractivity (Wildman–Crippen MR) is 55.3 cm³/mol. The fourth-order valence-corrected chi connectivity index (χ4v) is 1.57. The summed E-state index contributed by atoms with van der Waals surface area (Å²) in [5.74, 6) is -1.48. The summed E-state index contributed by atoms with van der Waals surface area (Å²) in [5, 5.41) is 11.5. The second kappa shape index (κ2) is 3.43. The van der Waals surface area contributed by atoms with E-state index in [1.54, 1.807) is 12.1 Å². The molecule has 0 aromatic carbocycles. The zero-order chi connectivity index (χ0) is 11.0. The first-order valence-corrected chi connectivity index (χ1v) is 4.67. The summed E-state index contributed by atoms with van der Waals surface area (Å²) < 4.78 is 2.02. The molecular formula is C8H4BrN3O3. The van der Waals surface area contributed by atoms with Gasteiger partial charge in [0.15, 0.2) is 5.69 Å². The number of carboxylic acids is 1. The smallest absolute Gasteiger partial charge is 0.358 e. The molecule has 7 heteroatoms. The van der Waals surface area contributed by atoms with Gasteiger partial charge in [-0.2, -0.15) is 0 Å². The molecule has 0 spiro atoms. The number of fused-ring (bicyclic) bond motifs is 1. The topological polar surface area (TPSA) is 84.0 Å². The van der Waals surface area contributed by atoms with Gasteiger partial charge in [-0.25, -0.2) is 9.78 Å². The lowest BCUT2D eigenvalue weighted by Crippen LogP contribution is -1.96. The summed E-state index contributed by atoms with van der Waals surface area (Å²) in [4.78, 5) is 25.1. The van der Waals surface area contributed by atoms with Gasteiger partial charge in [-0.1, -0.05) is 0 Å². The normalized spacial score (nSPS) is 10.5. The van der Waals surface area contributed by atoms with Crippen molar-refractivity contribution < 1.29 is 9.90 Å². The van der Waals surface area contributed by atoms with Crippen molar-refractivity contribution in [3.05, 3.63) is 33.4 Å². The number of aromatic nitrogens is 2. The second-order valence-corrected chi connectivity index (χ2v) is 3.67. The van der Waals surface area contributed by atoms with Gasteiger partial charge in [0.25, 0.3) is 0 Å². The Morgan fingerprint density at radius 2 is 2.27 bits per heavy atom. The van der Waals surface area contributed by atoms with Crippen LogP contribution in [0, 0.1) is 4.91 Å². The van der Waals surface area contributed by atoms with E-state index < -0.39 is 5.97 Å². The van der Waals surface area contributed by atoms with E-state index >= 15 is 0 Å². The van der Waals surface area contributed by atoms with E-state index in [9.17, 15) is 9.70 Å². The fourth-order valence-electron chi connectivity index (χ4n) is 1.24. The molecular weight excluding hydrogens is 266 g/mol. The van der Waals surface area contributed by atoms with Gasteiger partial charge < -0.3 is 5.11 Å². The van der Waals surface area contributed by atoms with E-state index in [1.807, 2.05) is 0 Å². The van der Waals surface area contributed by atoms with Crippen LogP contribution in [0.2, 0.25) is 0 Å². The lowest BCUT2D eigenvalue weighted by atomic mass is 10.4. The summed E-state index contributed by atoms with van der Waals surface area (Å²) in [6.07, 6.45) is 1.53. The second-order valence-electron chi connectivity index (χ2n) is 2.76. The van der Waals surface area contributed by atoms with Gasteiger partial charge in [0.05, 0.1) is 0 Å². The Morgan fingerprint density at radius 3 is 2.87 bits per heavy atom. The Morgan fingerprint density at radius 1 is 1.53 bits per heavy atom. The maximum atomic E-state index is 10.7. The van der Waals surface area contributed by atoms with Crippen molar-refractivity contribution in [3.8, 4) is 0 Å². The predicted octanol–water partition coefficient (Wildman–Crippen LogP) is 2.19. The van der Waals surface area contributed by atoms with Crippen molar-refractivity contribution in [1.29, 1.82) is 0 Å². The highest BCUT2D eigenvalue weighted by Crippen LogP contribution is 2.23. The van der Waals surface area contributed by atoms with Crippen molar-refractivity contribution in [2.24, 2.45) is 5.18 Å². The number of imidazole rings is 1. The molecule has 2 aromatic rings. The lowest BCUT2D eigenvalue weighted by Gasteiger charge is -1.94. The minimum atomic E-state index is -1.27. The number of carbonyl (C=O) groups is 1. The molecule has 0 amide bonds. The number of carboxylic acid groups (broad SMARTS) is 1. The molecule has 0 saturated heterocycles. The molecule has 6 nitrogen and oxygen atoms in total. The molecule has 2 aromatic heterocycles. The minimum absolute atomic E-state index is 0.209. The maximum absolute atomic E-state index is 10.7. The molecule has 1 N–H and O–H groups in total. The molecule has 2 rings (SSSR count). The third kappa shape index (κ3) is 1.50. The van der Waals surface area contributed by atoms with Gasteiger partial charge in [0.2, 0.25) is 5.82 Å². The fraction of sp³-hybridized carbons (Fsp3) is 0. The van der Waals surface area contributed by atoms with Crippen molar-refractivity contribution in [2.45, 2.75) is 0 Å². The van der Waals surface area contributed by atoms with Crippen LogP contribution in [0.3, 0.4) is 0 Å². The molecule has 0 unspecified atom stereocenters. The molecule has 0 aliphatic heterocycles. The summed E-state index contributed by atoms with van der Waals surface area (Å²) >= 11 is 3.20. The standard InChI is InChI=1S/C8H4BrN3O3/c9-4-1-2-5-10-6(8(13)14)7(11-15)12(5)3-4/h1-3H,(H,13,14). The van der Waals surface area contributed by atoms with Crippen LogP contribution >= 0.6 is 15.9 Å². The molecule has 0 radical (unpaired) electrons. The lowest BCUT2D eigenvalue weighted by molar-refractivity contribution is 0.0692. The third-order valence-electron chi connectivity index (χ3n) is 1.85. The Kier molecular flexibility index (Phi) is 2.24. The van der Waals surface area contributed by atoms with Crippen molar-refractivity contribution in [2.75, 3.05) is 0 Å². The zero-order valence-electron chi connectivity index (χ0n) is 7.22. The third-order valence-corrected chi connectivity index (χ3v) is 2.32. The van der Waals surface area contributed by atoms with E-state index in [0.717, 1.165) is 0 Å². The van der Waals surface area contributed by atoms with Crippen LogP contribution in [-0.4, -0.2) is 20.5 Å². The van der Waals surface area contributed by atoms with Crippen LogP contribution in [0.1, 0.15) is 10.5 Å². The van der Waals surface area contributed by atoms with Crippen molar-refractivity contribution in [1.82, 2.24) is 9.38 Å². The van der Waals surface area contributed by atoms with Crippen molar-refractivity contribution in [3.63, 3.8) is 0 Å². The van der Waals surface area contributed by atoms with Crippen molar-refractivity contribution >= 4 is 33.4 Å². The Labute approximate surface area is 91.7 Å². The van der Waals surface area contributed by atoms with Gasteiger partial charge in [0.1, 0.15) is 5.65 Å². The maximum Gasteiger partial charge on any atom is 0.358 e. The number of pyridine rings is 1. The van der Waals surface area contributed by atoms with Gasteiger partial charge in [-0.3, -0.25) is 4.40 Å². The number of hydrogen-bond acceptors (Lipinski definition) is 4. The molecule has 0 saturated carbocycles. The first-order valence-electron chi connectivity index (χ1n) is 3.87. The van der Waals surface area contributed by atoms with E-state index in [-0.39, 0.29) is 11.5 Å². The first-order chi connectivity index (χ1) is 7.13. The van der Waals surface area contributed by atoms with Gasteiger partial charge in [-0.15, -0.1) is 4.91 Å². The number of hydrogen-bond donors (Lipinski definition) is 1. The first kappa shape index (κ1) is 9.78. The molecule has 15 heavy (non-hydrogen) atoms. The van der Waals surface area contributed by atoms with Crippen LogP contribution in [0.25, 0.3) is 5.65 Å². The minimum Gasteiger partial charge on any atom is -0.476 e. The van der Waals surface area contributed by atoms with Crippen LogP contribution in [0.5, 0.6) is 0 Å². The van der Waals surface area contributed by atoms with Crippen LogP contribution in [-0.2, 0) is 0 Å². The SMILES string of the molecule is O=Nc1c(C(=O)O)nc2ccc(Br)cn12. The highest BCUT2D eigenvalue weighted by molar-refractivity contribution is 9.10. The molecule has 0 aliphatic rings. The molecule has 0 atom stereocenters. The van der Waals surface area contributed by atoms with E-state index in [4.69, 9.17) is 5.11 Å². The summed E-state index contributed by atoms with van der Waals surface area (Å²) in [6, 6.07) is 3.29. The average molecular weight is 270 g/mol. The largest absolute Gasteiger partial charge is 0.476 e. The van der Waals surface area contributed by atoms with Gasteiger partial charge >= 0.3 is 5.97 Å². The van der Waals surface area contributed by atoms with Gasteiger partial charge in [-0.05, 0) is 33.2 Å². The number of nitroso groups, excluding NO2 is 1. The van der Waals surface area contributed by atoms with Crippen LogP contribution in [0.4, 0.5) is 5.82 Å². The Balaban J connectivity index is 2.85. The van der Waals surface area contributed by atoms with Crippen LogP contribution in [0.15, 0.2) is 28.0 Å².